The molecule has 1 fully saturated rings. The number of nitrogens with zero attached hydrogens (tertiary/aromatic N) is 4. The zero-order valence-corrected chi connectivity index (χ0v) is 15.9. The summed E-state index contributed by atoms with van der Waals surface area (Å²) in [4.78, 5) is 14.7. The molecule has 7 nitrogen and oxygen atoms in total. The fourth-order valence-electron chi connectivity index (χ4n) is 3.87. The Balaban J connectivity index is 1.70. The fraction of sp³-hybridized carbons (Fsp3) is 0.389. The Kier molecular flexibility index (Phi) is 4.32. The van der Waals surface area contributed by atoms with Crippen molar-refractivity contribution in [3.63, 3.8) is 0 Å². The summed E-state index contributed by atoms with van der Waals surface area (Å²) >= 11 is 0. The summed E-state index contributed by atoms with van der Waals surface area (Å²) in [6, 6.07) is 9.14. The summed E-state index contributed by atoms with van der Waals surface area (Å²) in [5.74, 6) is -0.478. The molecule has 3 heterocycles. The predicted molar refractivity (Wildman–Crippen MR) is 97.7 cm³/mol. The molecule has 1 aromatic carbocycles. The first-order valence-corrected chi connectivity index (χ1v) is 10.1. The van der Waals surface area contributed by atoms with E-state index in [1.54, 1.807) is 29.2 Å². The minimum atomic E-state index is -3.57. The van der Waals surface area contributed by atoms with Crippen molar-refractivity contribution in [1.29, 1.82) is 0 Å². The third-order valence-electron chi connectivity index (χ3n) is 5.30. The van der Waals surface area contributed by atoms with E-state index in [4.69, 9.17) is 0 Å². The maximum atomic E-state index is 13.2. The molecule has 27 heavy (non-hydrogen) atoms. The lowest BCUT2D eigenvalue weighted by Gasteiger charge is -2.38. The highest BCUT2D eigenvalue weighted by Crippen LogP contribution is 2.36. The summed E-state index contributed by atoms with van der Waals surface area (Å²) in [7, 11) is -0.574. The van der Waals surface area contributed by atoms with Gasteiger partial charge in [-0.15, -0.1) is 0 Å². The van der Waals surface area contributed by atoms with Crippen molar-refractivity contribution in [2.24, 2.45) is 0 Å². The molecule has 0 aliphatic carbocycles. The Labute approximate surface area is 157 Å². The van der Waals surface area contributed by atoms with Crippen molar-refractivity contribution >= 4 is 16.1 Å². The molecule has 144 valence electrons. The second-order valence-corrected chi connectivity index (χ2v) is 9.24. The second-order valence-electron chi connectivity index (χ2n) is 7.10. The molecule has 0 unspecified atom stereocenters. The van der Waals surface area contributed by atoms with Crippen LogP contribution in [0, 0.1) is 5.82 Å². The molecule has 2 aromatic rings. The van der Waals surface area contributed by atoms with Crippen molar-refractivity contribution in [1.82, 2.24) is 18.1 Å². The molecule has 1 aromatic heterocycles. The first kappa shape index (κ1) is 18.1. The highest BCUT2D eigenvalue weighted by Gasteiger charge is 2.48. The number of halogens is 1. The van der Waals surface area contributed by atoms with E-state index in [-0.39, 0.29) is 30.4 Å². The Morgan fingerprint density at radius 1 is 1.11 bits per heavy atom. The number of carbonyl (C=O) groups excluding carboxylic acids is 1. The molecule has 9 heteroatoms. The summed E-state index contributed by atoms with van der Waals surface area (Å²) in [6.07, 6.45) is 1.83. The molecule has 0 radical (unpaired) electrons. The maximum Gasteiger partial charge on any atom is 0.281 e. The molecule has 2 atom stereocenters. The zero-order valence-electron chi connectivity index (χ0n) is 15.1. The normalized spacial score (nSPS) is 23.0. The summed E-state index contributed by atoms with van der Waals surface area (Å²) in [5, 5.41) is 0. The van der Waals surface area contributed by atoms with Crippen LogP contribution in [0.5, 0.6) is 0 Å². The fourth-order valence-corrected chi connectivity index (χ4v) is 5.02. The van der Waals surface area contributed by atoms with Gasteiger partial charge in [-0.1, -0.05) is 12.1 Å². The van der Waals surface area contributed by atoms with Crippen LogP contribution in [0.3, 0.4) is 0 Å². The van der Waals surface area contributed by atoms with Crippen LogP contribution in [0.15, 0.2) is 42.6 Å². The lowest BCUT2D eigenvalue weighted by molar-refractivity contribution is 0.0559. The van der Waals surface area contributed by atoms with E-state index in [0.717, 1.165) is 5.56 Å². The van der Waals surface area contributed by atoms with Crippen molar-refractivity contribution < 1.29 is 17.6 Å². The van der Waals surface area contributed by atoms with Crippen molar-refractivity contribution in [3.8, 4) is 0 Å². The van der Waals surface area contributed by atoms with E-state index >= 15 is 0 Å². The van der Waals surface area contributed by atoms with Crippen LogP contribution in [0.1, 0.15) is 22.1 Å². The molecule has 1 saturated heterocycles. The maximum absolute atomic E-state index is 13.2. The van der Waals surface area contributed by atoms with Gasteiger partial charge in [0.2, 0.25) is 0 Å². The average molecular weight is 392 g/mol. The van der Waals surface area contributed by atoms with Crippen LogP contribution >= 0.6 is 0 Å². The molecule has 2 aliphatic heterocycles. The number of hydrogen-bond donors (Lipinski definition) is 0. The predicted octanol–water partition coefficient (Wildman–Crippen LogP) is 1.31. The number of fused-ring (bicyclic) bond motifs is 3. The van der Waals surface area contributed by atoms with Gasteiger partial charge in [0.05, 0.1) is 12.1 Å². The molecule has 0 saturated carbocycles. The Hall–Kier alpha value is -2.23. The zero-order chi connectivity index (χ0) is 19.3. The smallest absolute Gasteiger partial charge is 0.281 e. The first-order chi connectivity index (χ1) is 12.8. The van der Waals surface area contributed by atoms with Gasteiger partial charge in [-0.3, -0.25) is 4.79 Å². The average Bonchev–Trinajstić information content (AvgIpc) is 3.27. The minimum Gasteiger partial charge on any atom is -0.337 e. The van der Waals surface area contributed by atoms with Gasteiger partial charge in [-0.05, 0) is 29.8 Å². The van der Waals surface area contributed by atoms with Crippen molar-refractivity contribution in [3.05, 3.63) is 59.7 Å². The number of carbonyl (C=O) groups is 1. The van der Waals surface area contributed by atoms with E-state index in [2.05, 4.69) is 0 Å². The van der Waals surface area contributed by atoms with Gasteiger partial charge in [0, 0.05) is 39.9 Å². The van der Waals surface area contributed by atoms with Crippen LogP contribution in [0.4, 0.5) is 4.39 Å². The molecule has 0 N–H and O–H groups in total. The van der Waals surface area contributed by atoms with Gasteiger partial charge in [0.15, 0.2) is 0 Å². The summed E-state index contributed by atoms with van der Waals surface area (Å²) in [6.45, 7) is 0.844. The highest BCUT2D eigenvalue weighted by molar-refractivity contribution is 7.86. The van der Waals surface area contributed by atoms with Crippen LogP contribution in [-0.2, 0) is 16.8 Å². The number of aromatic nitrogens is 1. The summed E-state index contributed by atoms with van der Waals surface area (Å²) < 4.78 is 42.9. The monoisotopic (exact) mass is 392 g/mol. The number of benzene rings is 1. The number of hydrogen-bond acceptors (Lipinski definition) is 3. The summed E-state index contributed by atoms with van der Waals surface area (Å²) in [5.41, 5.74) is 1.35. The topological polar surface area (TPSA) is 65.9 Å². The number of rotatable bonds is 4. The van der Waals surface area contributed by atoms with Gasteiger partial charge >= 0.3 is 0 Å². The van der Waals surface area contributed by atoms with Crippen LogP contribution in [0.25, 0.3) is 0 Å². The molecular formula is C18H21FN4O3S. The molecule has 0 spiro atoms. The quantitative estimate of drug-likeness (QED) is 0.788. The van der Waals surface area contributed by atoms with E-state index in [1.165, 1.54) is 34.8 Å². The van der Waals surface area contributed by atoms with Gasteiger partial charge in [-0.2, -0.15) is 17.0 Å². The Morgan fingerprint density at radius 2 is 1.78 bits per heavy atom. The van der Waals surface area contributed by atoms with Gasteiger partial charge in [0.1, 0.15) is 11.5 Å². The third-order valence-corrected chi connectivity index (χ3v) is 7.17. The van der Waals surface area contributed by atoms with Gasteiger partial charge in [-0.25, -0.2) is 4.39 Å². The minimum absolute atomic E-state index is 0.144. The lowest BCUT2D eigenvalue weighted by Crippen LogP contribution is -2.50. The van der Waals surface area contributed by atoms with E-state index in [0.29, 0.717) is 18.8 Å². The Morgan fingerprint density at radius 3 is 2.44 bits per heavy atom. The largest absolute Gasteiger partial charge is 0.337 e. The lowest BCUT2D eigenvalue weighted by atomic mass is 10.0. The second kappa shape index (κ2) is 6.43. The first-order valence-electron chi connectivity index (χ1n) is 8.69. The van der Waals surface area contributed by atoms with Crippen LogP contribution in [0.2, 0.25) is 0 Å². The molecular weight excluding hydrogens is 371 g/mol. The van der Waals surface area contributed by atoms with E-state index in [9.17, 15) is 17.6 Å². The standard InChI is InChI=1S/C18H21FN4O3S/c1-20(2)27(25,26)21-11-16-17(12-21)23(10-13-5-7-14(19)8-6-13)18(24)15-4-3-9-22(15)16/h3-9,16-17H,10-12H2,1-2H3/t16-,17-/m1/s1. The van der Waals surface area contributed by atoms with Crippen LogP contribution in [-0.4, -0.2) is 65.6 Å². The number of amides is 1. The van der Waals surface area contributed by atoms with E-state index < -0.39 is 10.2 Å². The molecule has 2 aliphatic rings. The van der Waals surface area contributed by atoms with Gasteiger partial charge < -0.3 is 9.47 Å². The Bertz CT molecular complexity index is 971. The molecule has 1 amide bonds. The van der Waals surface area contributed by atoms with Crippen molar-refractivity contribution in [2.45, 2.75) is 18.6 Å². The van der Waals surface area contributed by atoms with Gasteiger partial charge in [0.25, 0.3) is 16.1 Å². The van der Waals surface area contributed by atoms with Crippen LogP contribution < -0.4 is 0 Å². The highest BCUT2D eigenvalue weighted by atomic mass is 32.2. The molecule has 0 bridgehead atoms. The van der Waals surface area contributed by atoms with Crippen molar-refractivity contribution in [2.75, 3.05) is 27.2 Å². The SMILES string of the molecule is CN(C)S(=O)(=O)N1C[C@@H]2[C@@H](C1)n1cccc1C(=O)N2Cc1ccc(F)cc1. The van der Waals surface area contributed by atoms with E-state index in [1.807, 2.05) is 10.8 Å². The third kappa shape index (κ3) is 2.95. The molecule has 4 rings (SSSR count).